The second-order valence-corrected chi connectivity index (χ2v) is 10.2. The van der Waals surface area contributed by atoms with E-state index in [1.807, 2.05) is 26.0 Å². The van der Waals surface area contributed by atoms with Crippen molar-refractivity contribution in [3.05, 3.63) is 125 Å². The number of aryl methyl sites for hydroxylation is 2. The molecule has 4 aromatic rings. The fourth-order valence-corrected chi connectivity index (χ4v) is 4.50. The summed E-state index contributed by atoms with van der Waals surface area (Å²) < 4.78 is 33.0. The van der Waals surface area contributed by atoms with Crippen LogP contribution in [0.4, 0.5) is 5.69 Å². The van der Waals surface area contributed by atoms with Crippen molar-refractivity contribution in [1.82, 2.24) is 5.43 Å². The normalized spacial score (nSPS) is 11.2. The SMILES string of the molecule is Cc1ccc(S(=O)(=O)Nc2ccc(C(=O)N/N=C/c3ccc(OC(=O)c4ccccc4C)cc3)cc2)cc1. The van der Waals surface area contributed by atoms with Crippen LogP contribution in [0, 0.1) is 13.8 Å². The molecule has 0 saturated carbocycles. The molecule has 0 aliphatic heterocycles. The Morgan fingerprint density at radius 1 is 0.816 bits per heavy atom. The number of ether oxygens (including phenoxy) is 1. The number of nitrogens with one attached hydrogen (secondary N) is 2. The Morgan fingerprint density at radius 2 is 1.47 bits per heavy atom. The van der Waals surface area contributed by atoms with Crippen molar-refractivity contribution >= 4 is 33.8 Å². The highest BCUT2D eigenvalue weighted by Gasteiger charge is 2.14. The zero-order valence-electron chi connectivity index (χ0n) is 20.7. The average molecular weight is 528 g/mol. The Balaban J connectivity index is 1.31. The molecule has 0 aliphatic rings. The first-order chi connectivity index (χ1) is 18.2. The van der Waals surface area contributed by atoms with Crippen molar-refractivity contribution in [2.75, 3.05) is 4.72 Å². The van der Waals surface area contributed by atoms with Crippen molar-refractivity contribution in [3.8, 4) is 5.75 Å². The van der Waals surface area contributed by atoms with Gasteiger partial charge >= 0.3 is 5.97 Å². The van der Waals surface area contributed by atoms with Gasteiger partial charge < -0.3 is 4.74 Å². The number of carbonyl (C=O) groups excluding carboxylic acids is 2. The average Bonchev–Trinajstić information content (AvgIpc) is 2.90. The summed E-state index contributed by atoms with van der Waals surface area (Å²) in [6, 6.07) is 26.3. The molecule has 38 heavy (non-hydrogen) atoms. The van der Waals surface area contributed by atoms with Crippen molar-refractivity contribution in [1.29, 1.82) is 0 Å². The van der Waals surface area contributed by atoms with Crippen molar-refractivity contribution < 1.29 is 22.7 Å². The lowest BCUT2D eigenvalue weighted by molar-refractivity contribution is 0.0733. The quantitative estimate of drug-likeness (QED) is 0.143. The molecule has 0 radical (unpaired) electrons. The molecule has 0 spiro atoms. The third kappa shape index (κ3) is 6.71. The zero-order chi connectivity index (χ0) is 27.1. The van der Waals surface area contributed by atoms with E-state index in [-0.39, 0.29) is 4.90 Å². The number of nitrogens with zero attached hydrogens (tertiary/aromatic N) is 1. The second-order valence-electron chi connectivity index (χ2n) is 8.47. The van der Waals surface area contributed by atoms with E-state index in [9.17, 15) is 18.0 Å². The Hall–Kier alpha value is -4.76. The van der Waals surface area contributed by atoms with E-state index in [1.165, 1.54) is 42.6 Å². The first-order valence-corrected chi connectivity index (χ1v) is 13.1. The highest BCUT2D eigenvalue weighted by molar-refractivity contribution is 7.92. The van der Waals surface area contributed by atoms with E-state index in [2.05, 4.69) is 15.2 Å². The molecular formula is C29H25N3O5S. The maximum atomic E-state index is 12.5. The number of carbonyl (C=O) groups is 2. The Labute approximate surface area is 221 Å². The number of esters is 1. The summed E-state index contributed by atoms with van der Waals surface area (Å²) in [5.74, 6) is -0.513. The number of hydrazone groups is 1. The van der Waals surface area contributed by atoms with E-state index in [0.717, 1.165) is 11.1 Å². The standard InChI is InChI=1S/C29H25N3O5S/c1-20-7-17-26(18-8-20)38(35,36)32-24-13-11-23(12-14-24)28(33)31-30-19-22-9-15-25(16-10-22)37-29(34)27-6-4-3-5-21(27)2/h3-19,32H,1-2H3,(H,31,33)/b30-19+. The molecule has 1 amide bonds. The molecular weight excluding hydrogens is 502 g/mol. The van der Waals surface area contributed by atoms with Crippen LogP contribution in [0.15, 0.2) is 107 Å². The van der Waals surface area contributed by atoms with Crippen LogP contribution >= 0.6 is 0 Å². The van der Waals surface area contributed by atoms with Crippen LogP contribution in [-0.2, 0) is 10.0 Å². The summed E-state index contributed by atoms with van der Waals surface area (Å²) in [6.45, 7) is 3.72. The molecule has 4 rings (SSSR count). The predicted molar refractivity (Wildman–Crippen MR) is 146 cm³/mol. The first kappa shape index (κ1) is 26.3. The molecule has 0 saturated heterocycles. The van der Waals surface area contributed by atoms with Crippen LogP contribution < -0.4 is 14.9 Å². The van der Waals surface area contributed by atoms with Gasteiger partial charge in [-0.2, -0.15) is 5.10 Å². The fraction of sp³-hybridized carbons (Fsp3) is 0.0690. The van der Waals surface area contributed by atoms with Gasteiger partial charge in [0.15, 0.2) is 0 Å². The third-order valence-electron chi connectivity index (χ3n) is 5.57. The lowest BCUT2D eigenvalue weighted by atomic mass is 10.1. The van der Waals surface area contributed by atoms with Gasteiger partial charge in [-0.25, -0.2) is 18.6 Å². The molecule has 0 unspecified atom stereocenters. The third-order valence-corrected chi connectivity index (χ3v) is 6.96. The van der Waals surface area contributed by atoms with Gasteiger partial charge in [0.1, 0.15) is 5.75 Å². The van der Waals surface area contributed by atoms with Crippen LogP contribution in [0.25, 0.3) is 0 Å². The van der Waals surface area contributed by atoms with E-state index < -0.39 is 21.9 Å². The topological polar surface area (TPSA) is 114 Å². The summed E-state index contributed by atoms with van der Waals surface area (Å²) in [6.07, 6.45) is 1.45. The fourth-order valence-electron chi connectivity index (χ4n) is 3.44. The van der Waals surface area contributed by atoms with Crippen molar-refractivity contribution in [2.45, 2.75) is 18.7 Å². The van der Waals surface area contributed by atoms with Crippen LogP contribution in [0.1, 0.15) is 37.4 Å². The van der Waals surface area contributed by atoms with Crippen molar-refractivity contribution in [3.63, 3.8) is 0 Å². The summed E-state index contributed by atoms with van der Waals surface area (Å²) in [5.41, 5.74) is 6.03. The lowest BCUT2D eigenvalue weighted by Crippen LogP contribution is -2.18. The molecule has 0 heterocycles. The Kier molecular flexibility index (Phi) is 7.98. The highest BCUT2D eigenvalue weighted by Crippen LogP contribution is 2.18. The zero-order valence-corrected chi connectivity index (χ0v) is 21.5. The summed E-state index contributed by atoms with van der Waals surface area (Å²) in [7, 11) is -3.74. The number of hydrogen-bond donors (Lipinski definition) is 2. The minimum absolute atomic E-state index is 0.150. The van der Waals surface area contributed by atoms with Gasteiger partial charge in [-0.05, 0) is 91.7 Å². The molecule has 8 nitrogen and oxygen atoms in total. The van der Waals surface area contributed by atoms with Gasteiger partial charge in [-0.3, -0.25) is 9.52 Å². The molecule has 0 aliphatic carbocycles. The van der Waals surface area contributed by atoms with Crippen LogP contribution in [0.5, 0.6) is 5.75 Å². The summed E-state index contributed by atoms with van der Waals surface area (Å²) in [4.78, 5) is 24.9. The van der Waals surface area contributed by atoms with Crippen LogP contribution in [-0.4, -0.2) is 26.5 Å². The van der Waals surface area contributed by atoms with Gasteiger partial charge in [0.25, 0.3) is 15.9 Å². The smallest absolute Gasteiger partial charge is 0.343 e. The first-order valence-electron chi connectivity index (χ1n) is 11.6. The molecule has 192 valence electrons. The van der Waals surface area contributed by atoms with Gasteiger partial charge in [-0.15, -0.1) is 0 Å². The minimum atomic E-state index is -3.74. The van der Waals surface area contributed by atoms with Gasteiger partial charge in [0.05, 0.1) is 16.7 Å². The molecule has 9 heteroatoms. The Bertz CT molecular complexity index is 1580. The Morgan fingerprint density at radius 3 is 2.13 bits per heavy atom. The summed E-state index contributed by atoms with van der Waals surface area (Å²) in [5, 5.41) is 3.95. The largest absolute Gasteiger partial charge is 0.423 e. The van der Waals surface area contributed by atoms with Gasteiger partial charge in [-0.1, -0.05) is 35.9 Å². The van der Waals surface area contributed by atoms with Crippen LogP contribution in [0.3, 0.4) is 0 Å². The number of hydrogen-bond acceptors (Lipinski definition) is 6. The summed E-state index contributed by atoms with van der Waals surface area (Å²) >= 11 is 0. The second kappa shape index (κ2) is 11.5. The number of sulfonamides is 1. The monoisotopic (exact) mass is 527 g/mol. The van der Waals surface area contributed by atoms with Crippen molar-refractivity contribution in [2.24, 2.45) is 5.10 Å². The minimum Gasteiger partial charge on any atom is -0.423 e. The lowest BCUT2D eigenvalue weighted by Gasteiger charge is -2.09. The van der Waals surface area contributed by atoms with E-state index in [4.69, 9.17) is 4.74 Å². The molecule has 0 bridgehead atoms. The number of amides is 1. The highest BCUT2D eigenvalue weighted by atomic mass is 32.2. The molecule has 2 N–H and O–H groups in total. The van der Waals surface area contributed by atoms with Crippen LogP contribution in [0.2, 0.25) is 0 Å². The predicted octanol–water partition coefficient (Wildman–Crippen LogP) is 5.09. The maximum Gasteiger partial charge on any atom is 0.343 e. The van der Waals surface area contributed by atoms with E-state index in [1.54, 1.807) is 48.5 Å². The van der Waals surface area contributed by atoms with E-state index >= 15 is 0 Å². The van der Waals surface area contributed by atoms with Gasteiger partial charge in [0, 0.05) is 11.3 Å². The number of benzene rings is 4. The molecule has 0 aromatic heterocycles. The molecule has 4 aromatic carbocycles. The maximum absolute atomic E-state index is 12.5. The molecule has 0 atom stereocenters. The number of anilines is 1. The van der Waals surface area contributed by atoms with Gasteiger partial charge in [0.2, 0.25) is 0 Å². The molecule has 0 fully saturated rings. The number of rotatable bonds is 8. The van der Waals surface area contributed by atoms with E-state index in [0.29, 0.717) is 28.1 Å².